The van der Waals surface area contributed by atoms with Crippen LogP contribution in [-0.4, -0.2) is 31.5 Å². The van der Waals surface area contributed by atoms with E-state index in [1.54, 1.807) is 61.5 Å². The van der Waals surface area contributed by atoms with Crippen molar-refractivity contribution in [1.82, 2.24) is 9.78 Å². The van der Waals surface area contributed by atoms with Crippen LogP contribution in [0, 0.1) is 6.92 Å². The smallest absolute Gasteiger partial charge is 0.280 e. The molecular weight excluding hydrogens is 476 g/mol. The Morgan fingerprint density at radius 1 is 1.06 bits per heavy atom. The molecule has 0 aliphatic rings. The summed E-state index contributed by atoms with van der Waals surface area (Å²) in [5, 5.41) is 3.58. The molecule has 174 valence electrons. The molecule has 0 aliphatic heterocycles. The third-order valence-corrected chi connectivity index (χ3v) is 6.65. The van der Waals surface area contributed by atoms with Gasteiger partial charge >= 0.3 is 0 Å². The number of H-pyrrole nitrogens is 1. The van der Waals surface area contributed by atoms with Gasteiger partial charge in [0.15, 0.2) is 0 Å². The predicted octanol–water partition coefficient (Wildman–Crippen LogP) is 4.69. The maximum atomic E-state index is 12.9. The van der Waals surface area contributed by atoms with Crippen molar-refractivity contribution >= 4 is 39.2 Å². The number of methoxy groups -OCH3 is 1. The Hall–Kier alpha value is -3.82. The van der Waals surface area contributed by atoms with E-state index in [0.717, 1.165) is 0 Å². The molecule has 0 radical (unpaired) electrons. The molecule has 0 atom stereocenters. The number of anilines is 1. The standard InChI is InChI=1S/C24H21ClN4O4S/c1-16-21(24(30)29(27-16)19-10-8-17(25)9-11-19)15-26-22-13-12-20(14-23(22)33-2)34(31,32)28-18-6-4-3-5-7-18/h3-15,27-28H,1-2H3. The highest BCUT2D eigenvalue weighted by Crippen LogP contribution is 2.31. The fourth-order valence-corrected chi connectivity index (χ4v) is 4.47. The molecule has 0 bridgehead atoms. The lowest BCUT2D eigenvalue weighted by Crippen LogP contribution is -2.17. The summed E-state index contributed by atoms with van der Waals surface area (Å²) < 4.78 is 34.8. The highest BCUT2D eigenvalue weighted by atomic mass is 35.5. The first-order chi connectivity index (χ1) is 16.3. The van der Waals surface area contributed by atoms with E-state index >= 15 is 0 Å². The number of aromatic nitrogens is 2. The number of aromatic amines is 1. The second kappa shape index (κ2) is 9.58. The van der Waals surface area contributed by atoms with Gasteiger partial charge in [0.25, 0.3) is 15.6 Å². The number of nitrogens with one attached hydrogen (secondary N) is 2. The van der Waals surface area contributed by atoms with Crippen molar-refractivity contribution in [2.75, 3.05) is 11.8 Å². The summed E-state index contributed by atoms with van der Waals surface area (Å²) in [4.78, 5) is 17.3. The molecule has 4 rings (SSSR count). The molecule has 1 aromatic heterocycles. The van der Waals surface area contributed by atoms with Crippen molar-refractivity contribution in [3.8, 4) is 11.4 Å². The van der Waals surface area contributed by atoms with Crippen LogP contribution in [0.5, 0.6) is 5.75 Å². The van der Waals surface area contributed by atoms with Gasteiger partial charge in [0, 0.05) is 28.7 Å². The number of halogens is 1. The maximum Gasteiger partial charge on any atom is 0.280 e. The van der Waals surface area contributed by atoms with Crippen molar-refractivity contribution < 1.29 is 13.2 Å². The van der Waals surface area contributed by atoms with E-state index in [0.29, 0.717) is 33.3 Å². The third-order valence-electron chi connectivity index (χ3n) is 5.02. The Kier molecular flexibility index (Phi) is 6.58. The fourth-order valence-electron chi connectivity index (χ4n) is 3.27. The number of benzene rings is 3. The second-order valence-corrected chi connectivity index (χ2v) is 9.45. The number of para-hydroxylation sites is 1. The largest absolute Gasteiger partial charge is 0.494 e. The van der Waals surface area contributed by atoms with Gasteiger partial charge in [0.2, 0.25) is 0 Å². The molecule has 0 saturated carbocycles. The van der Waals surface area contributed by atoms with Gasteiger partial charge in [-0.2, -0.15) is 0 Å². The lowest BCUT2D eigenvalue weighted by atomic mass is 10.2. The minimum Gasteiger partial charge on any atom is -0.494 e. The van der Waals surface area contributed by atoms with E-state index in [9.17, 15) is 13.2 Å². The molecule has 8 nitrogen and oxygen atoms in total. The minimum absolute atomic E-state index is 0.0232. The van der Waals surface area contributed by atoms with Gasteiger partial charge in [0.1, 0.15) is 11.4 Å². The van der Waals surface area contributed by atoms with Crippen LogP contribution in [0.4, 0.5) is 11.4 Å². The monoisotopic (exact) mass is 496 g/mol. The topological polar surface area (TPSA) is 106 Å². The van der Waals surface area contributed by atoms with Crippen molar-refractivity contribution in [3.63, 3.8) is 0 Å². The molecule has 0 aliphatic carbocycles. The van der Waals surface area contributed by atoms with Crippen LogP contribution < -0.4 is 15.0 Å². The summed E-state index contributed by atoms with van der Waals surface area (Å²) in [5.74, 6) is 0.249. The van der Waals surface area contributed by atoms with E-state index in [2.05, 4.69) is 14.8 Å². The number of rotatable bonds is 7. The molecular formula is C24H21ClN4O4S. The molecule has 0 unspecified atom stereocenters. The SMILES string of the molecule is COc1cc(S(=O)(=O)Nc2ccccc2)ccc1N=Cc1c(C)[nH]n(-c2ccc(Cl)cc2)c1=O. The predicted molar refractivity (Wildman–Crippen MR) is 134 cm³/mol. The quantitative estimate of drug-likeness (QED) is 0.362. The Morgan fingerprint density at radius 2 is 1.76 bits per heavy atom. The summed E-state index contributed by atoms with van der Waals surface area (Å²) >= 11 is 5.93. The molecule has 0 spiro atoms. The van der Waals surface area contributed by atoms with Gasteiger partial charge in [0.05, 0.1) is 23.3 Å². The van der Waals surface area contributed by atoms with Crippen molar-refractivity contribution in [3.05, 3.63) is 99.4 Å². The number of nitrogens with zero attached hydrogens (tertiary/aromatic N) is 2. The van der Waals surface area contributed by atoms with Gasteiger partial charge in [-0.1, -0.05) is 29.8 Å². The van der Waals surface area contributed by atoms with Crippen LogP contribution in [0.15, 0.2) is 87.5 Å². The van der Waals surface area contributed by atoms with Crippen molar-refractivity contribution in [2.45, 2.75) is 11.8 Å². The minimum atomic E-state index is -3.82. The molecule has 1 heterocycles. The van der Waals surface area contributed by atoms with Gasteiger partial charge in [-0.15, -0.1) is 0 Å². The van der Waals surface area contributed by atoms with Crippen LogP contribution in [0.1, 0.15) is 11.3 Å². The van der Waals surface area contributed by atoms with Crippen LogP contribution >= 0.6 is 11.6 Å². The molecule has 3 aromatic carbocycles. The Bertz CT molecular complexity index is 1510. The van der Waals surface area contributed by atoms with Gasteiger partial charge in [-0.3, -0.25) is 19.6 Å². The highest BCUT2D eigenvalue weighted by molar-refractivity contribution is 7.92. The number of aryl methyl sites for hydroxylation is 1. The van der Waals surface area contributed by atoms with Crippen LogP contribution in [0.2, 0.25) is 5.02 Å². The number of sulfonamides is 1. The van der Waals surface area contributed by atoms with E-state index in [-0.39, 0.29) is 16.2 Å². The molecule has 0 saturated heterocycles. The Morgan fingerprint density at radius 3 is 2.44 bits per heavy atom. The Labute approximate surface area is 201 Å². The first-order valence-electron chi connectivity index (χ1n) is 10.2. The van der Waals surface area contributed by atoms with E-state index < -0.39 is 10.0 Å². The van der Waals surface area contributed by atoms with E-state index in [1.165, 1.54) is 36.2 Å². The summed E-state index contributed by atoms with van der Waals surface area (Å²) in [6.45, 7) is 1.76. The van der Waals surface area contributed by atoms with Crippen LogP contribution in [0.3, 0.4) is 0 Å². The summed E-state index contributed by atoms with van der Waals surface area (Å²) in [6.07, 6.45) is 1.43. The average molecular weight is 497 g/mol. The summed E-state index contributed by atoms with van der Waals surface area (Å²) in [6, 6.07) is 19.8. The first-order valence-corrected chi connectivity index (χ1v) is 12.0. The maximum absolute atomic E-state index is 12.9. The second-order valence-electron chi connectivity index (χ2n) is 7.33. The Balaban J connectivity index is 1.63. The molecule has 2 N–H and O–H groups in total. The lowest BCUT2D eigenvalue weighted by Gasteiger charge is -2.10. The molecule has 34 heavy (non-hydrogen) atoms. The number of ether oxygens (including phenoxy) is 1. The fraction of sp³-hybridized carbons (Fsp3) is 0.0833. The zero-order chi connectivity index (χ0) is 24.3. The first kappa shape index (κ1) is 23.3. The number of hydrogen-bond donors (Lipinski definition) is 2. The van der Waals surface area contributed by atoms with Gasteiger partial charge in [-0.05, 0) is 55.5 Å². The normalized spacial score (nSPS) is 11.6. The summed E-state index contributed by atoms with van der Waals surface area (Å²) in [5.41, 5.74) is 2.15. The van der Waals surface area contributed by atoms with Crippen molar-refractivity contribution in [1.29, 1.82) is 0 Å². The highest BCUT2D eigenvalue weighted by Gasteiger charge is 2.17. The summed E-state index contributed by atoms with van der Waals surface area (Å²) in [7, 11) is -2.40. The molecule has 0 amide bonds. The van der Waals surface area contributed by atoms with Gasteiger partial charge < -0.3 is 4.74 Å². The van der Waals surface area contributed by atoms with Crippen LogP contribution in [0.25, 0.3) is 5.69 Å². The number of aliphatic imine (C=N–C) groups is 1. The lowest BCUT2D eigenvalue weighted by molar-refractivity contribution is 0.415. The molecule has 10 heteroatoms. The van der Waals surface area contributed by atoms with Crippen LogP contribution in [-0.2, 0) is 10.0 Å². The van der Waals surface area contributed by atoms with Crippen molar-refractivity contribution in [2.24, 2.45) is 4.99 Å². The number of hydrogen-bond acceptors (Lipinski definition) is 5. The molecule has 4 aromatic rings. The third kappa shape index (κ3) is 4.90. The van der Waals surface area contributed by atoms with E-state index in [4.69, 9.17) is 16.3 Å². The average Bonchev–Trinajstić information content (AvgIpc) is 3.11. The van der Waals surface area contributed by atoms with Gasteiger partial charge in [-0.25, -0.2) is 13.1 Å². The zero-order valence-electron chi connectivity index (χ0n) is 18.3. The van der Waals surface area contributed by atoms with E-state index in [1.807, 2.05) is 0 Å². The zero-order valence-corrected chi connectivity index (χ0v) is 19.9. The molecule has 0 fully saturated rings.